The fourth-order valence-corrected chi connectivity index (χ4v) is 2.97. The molecule has 2 aromatic rings. The molecule has 0 aliphatic carbocycles. The number of ether oxygens (including phenoxy) is 1. The van der Waals surface area contributed by atoms with Crippen molar-refractivity contribution in [1.29, 1.82) is 0 Å². The Bertz CT molecular complexity index is 963. The Morgan fingerprint density at radius 2 is 2.00 bits per heavy atom. The van der Waals surface area contributed by atoms with Gasteiger partial charge in [-0.3, -0.25) is 9.59 Å². The van der Waals surface area contributed by atoms with Gasteiger partial charge in [-0.15, -0.1) is 0 Å². The number of anilines is 1. The zero-order valence-electron chi connectivity index (χ0n) is 12.6. The lowest BCUT2D eigenvalue weighted by Crippen LogP contribution is -2.32. The van der Waals surface area contributed by atoms with Gasteiger partial charge in [0.15, 0.2) is 0 Å². The van der Waals surface area contributed by atoms with E-state index in [2.05, 4.69) is 4.99 Å². The second kappa shape index (κ2) is 5.05. The van der Waals surface area contributed by atoms with Crippen LogP contribution in [0.25, 0.3) is 6.08 Å². The van der Waals surface area contributed by atoms with Crippen molar-refractivity contribution in [2.24, 2.45) is 4.99 Å². The van der Waals surface area contributed by atoms with Crippen molar-refractivity contribution in [2.45, 2.75) is 13.0 Å². The first-order valence-electron chi connectivity index (χ1n) is 7.36. The number of nitrogens with zero attached hydrogens (tertiary/aromatic N) is 2. The molecule has 4 rings (SSSR count). The summed E-state index contributed by atoms with van der Waals surface area (Å²) in [5.41, 5.74) is 2.47. The molecule has 2 amide bonds. The molecule has 0 unspecified atom stereocenters. The molecule has 0 spiro atoms. The van der Waals surface area contributed by atoms with Gasteiger partial charge in [-0.2, -0.15) is 0 Å². The number of carbonyl (C=O) groups excluding carboxylic acids is 2. The van der Waals surface area contributed by atoms with Crippen molar-refractivity contribution in [3.05, 3.63) is 58.1 Å². The van der Waals surface area contributed by atoms with Crippen molar-refractivity contribution in [3.63, 3.8) is 0 Å². The maximum Gasteiger partial charge on any atom is 0.259 e. The van der Waals surface area contributed by atoms with Crippen LogP contribution in [-0.4, -0.2) is 18.9 Å². The predicted octanol–water partition coefficient (Wildman–Crippen LogP) is 1.19. The lowest BCUT2D eigenvalue weighted by atomic mass is 10.1. The maximum absolute atomic E-state index is 12.7. The molecule has 2 aliphatic rings. The van der Waals surface area contributed by atoms with Crippen LogP contribution in [0.4, 0.5) is 5.69 Å². The van der Waals surface area contributed by atoms with Gasteiger partial charge in [0, 0.05) is 17.7 Å². The fourth-order valence-electron chi connectivity index (χ4n) is 2.97. The normalized spacial score (nSPS) is 15.6. The van der Waals surface area contributed by atoms with Crippen LogP contribution in [0.1, 0.15) is 22.3 Å². The number of fused-ring (bicyclic) bond motifs is 2. The smallest absolute Gasteiger partial charge is 0.259 e. The lowest BCUT2D eigenvalue weighted by Gasteiger charge is -2.16. The summed E-state index contributed by atoms with van der Waals surface area (Å²) in [6.07, 6.45) is 2.16. The average Bonchev–Trinajstić information content (AvgIpc) is 2.90. The highest BCUT2D eigenvalue weighted by Gasteiger charge is 2.29. The van der Waals surface area contributed by atoms with Crippen LogP contribution in [0.5, 0.6) is 5.75 Å². The van der Waals surface area contributed by atoms with Crippen LogP contribution in [0.15, 0.2) is 41.4 Å². The third-order valence-corrected chi connectivity index (χ3v) is 4.19. The first-order chi connectivity index (χ1) is 11.2. The predicted molar refractivity (Wildman–Crippen MR) is 84.8 cm³/mol. The van der Waals surface area contributed by atoms with Gasteiger partial charge < -0.3 is 9.64 Å². The first kappa shape index (κ1) is 13.7. The second-order valence-corrected chi connectivity index (χ2v) is 5.57. The Kier molecular flexibility index (Phi) is 3.01. The van der Waals surface area contributed by atoms with Gasteiger partial charge >= 0.3 is 0 Å². The molecule has 2 heterocycles. The molecular weight excluding hydrogens is 292 g/mol. The van der Waals surface area contributed by atoms with Crippen molar-refractivity contribution in [3.8, 4) is 5.75 Å². The Balaban J connectivity index is 1.75. The molecule has 0 fully saturated rings. The molecule has 5 heteroatoms. The van der Waals surface area contributed by atoms with Gasteiger partial charge in [-0.25, -0.2) is 4.99 Å². The van der Waals surface area contributed by atoms with E-state index in [1.165, 1.54) is 0 Å². The molecule has 0 aromatic heterocycles. The minimum absolute atomic E-state index is 0.0392. The van der Waals surface area contributed by atoms with E-state index in [9.17, 15) is 9.59 Å². The molecule has 114 valence electrons. The Hall–Kier alpha value is -2.95. The zero-order chi connectivity index (χ0) is 16.0. The molecule has 2 aliphatic heterocycles. The standard InChI is InChI=1S/C18H14N2O3/c1-23-14-5-2-12-10-20(18(22)15(12)9-14)13-4-6-16-11(8-13)3-7-17(21)19-16/h2-6,8-9H,7,10H2,1H3. The Labute approximate surface area is 132 Å². The highest BCUT2D eigenvalue weighted by molar-refractivity contribution is 6.10. The number of rotatable bonds is 2. The number of carbonyl (C=O) groups is 2. The monoisotopic (exact) mass is 306 g/mol. The second-order valence-electron chi connectivity index (χ2n) is 5.57. The average molecular weight is 306 g/mol. The summed E-state index contributed by atoms with van der Waals surface area (Å²) in [5.74, 6) is 0.500. The number of benzene rings is 2. The van der Waals surface area contributed by atoms with Gasteiger partial charge in [0.25, 0.3) is 5.91 Å². The SMILES string of the molecule is COc1ccc2c(c1)C(=O)N(c1ccc3c(c1)=CCC(=O)N=3)C2. The van der Waals surface area contributed by atoms with E-state index in [4.69, 9.17) is 4.74 Å². The van der Waals surface area contributed by atoms with Crippen LogP contribution in [0.3, 0.4) is 0 Å². The minimum Gasteiger partial charge on any atom is -0.497 e. The van der Waals surface area contributed by atoms with Gasteiger partial charge in [0.05, 0.1) is 19.0 Å². The van der Waals surface area contributed by atoms with Gasteiger partial charge in [0.1, 0.15) is 5.75 Å². The van der Waals surface area contributed by atoms with E-state index in [1.54, 1.807) is 24.1 Å². The molecule has 5 nitrogen and oxygen atoms in total. The third-order valence-electron chi connectivity index (χ3n) is 4.19. The molecule has 0 saturated heterocycles. The van der Waals surface area contributed by atoms with Crippen molar-refractivity contribution < 1.29 is 14.3 Å². The molecule has 0 bridgehead atoms. The van der Waals surface area contributed by atoms with Gasteiger partial charge in [0.2, 0.25) is 5.91 Å². The van der Waals surface area contributed by atoms with E-state index in [0.717, 1.165) is 16.5 Å². The van der Waals surface area contributed by atoms with Crippen LogP contribution in [0.2, 0.25) is 0 Å². The van der Waals surface area contributed by atoms with E-state index in [0.29, 0.717) is 29.6 Å². The van der Waals surface area contributed by atoms with Gasteiger partial charge in [-0.05, 0) is 41.1 Å². The topological polar surface area (TPSA) is 59.0 Å². The minimum atomic E-state index is -0.137. The van der Waals surface area contributed by atoms with E-state index in [-0.39, 0.29) is 11.8 Å². The van der Waals surface area contributed by atoms with E-state index < -0.39 is 0 Å². The van der Waals surface area contributed by atoms with E-state index >= 15 is 0 Å². The molecule has 0 atom stereocenters. The molecular formula is C18H14N2O3. The summed E-state index contributed by atoms with van der Waals surface area (Å²) in [4.78, 5) is 29.8. The van der Waals surface area contributed by atoms with Gasteiger partial charge in [-0.1, -0.05) is 12.1 Å². The third kappa shape index (κ3) is 2.21. The molecule has 0 radical (unpaired) electrons. The molecule has 0 N–H and O–H groups in total. The molecule has 23 heavy (non-hydrogen) atoms. The molecule has 0 saturated carbocycles. The summed E-state index contributed by atoms with van der Waals surface area (Å²) >= 11 is 0. The summed E-state index contributed by atoms with van der Waals surface area (Å²) in [6.45, 7) is 0.535. The number of hydrogen-bond donors (Lipinski definition) is 0. The van der Waals surface area contributed by atoms with Crippen molar-refractivity contribution in [2.75, 3.05) is 12.0 Å². The lowest BCUT2D eigenvalue weighted by molar-refractivity contribution is -0.117. The highest BCUT2D eigenvalue weighted by atomic mass is 16.5. The summed E-state index contributed by atoms with van der Waals surface area (Å²) in [5, 5.41) is 1.55. The van der Waals surface area contributed by atoms with E-state index in [1.807, 2.05) is 30.3 Å². The van der Waals surface area contributed by atoms with Crippen molar-refractivity contribution >= 4 is 23.6 Å². The summed E-state index contributed by atoms with van der Waals surface area (Å²) in [7, 11) is 1.59. The Morgan fingerprint density at radius 3 is 2.83 bits per heavy atom. The number of hydrogen-bond acceptors (Lipinski definition) is 3. The quantitative estimate of drug-likeness (QED) is 0.837. The first-order valence-corrected chi connectivity index (χ1v) is 7.36. The number of methoxy groups -OCH3 is 1. The highest BCUT2D eigenvalue weighted by Crippen LogP contribution is 2.29. The van der Waals surface area contributed by atoms with Crippen molar-refractivity contribution in [1.82, 2.24) is 0 Å². The number of amides is 2. The summed E-state index contributed by atoms with van der Waals surface area (Å²) < 4.78 is 5.19. The van der Waals surface area contributed by atoms with Crippen LogP contribution >= 0.6 is 0 Å². The van der Waals surface area contributed by atoms with Crippen LogP contribution in [-0.2, 0) is 11.3 Å². The molecule has 2 aromatic carbocycles. The summed E-state index contributed by atoms with van der Waals surface area (Å²) in [6, 6.07) is 11.1. The Morgan fingerprint density at radius 1 is 1.13 bits per heavy atom. The maximum atomic E-state index is 12.7. The zero-order valence-corrected chi connectivity index (χ0v) is 12.6. The largest absolute Gasteiger partial charge is 0.497 e. The van der Waals surface area contributed by atoms with Crippen LogP contribution < -0.4 is 20.2 Å². The van der Waals surface area contributed by atoms with Crippen LogP contribution in [0, 0.1) is 0 Å². The fraction of sp³-hybridized carbons (Fsp3) is 0.167.